The Morgan fingerprint density at radius 1 is 0.969 bits per heavy atom. The highest BCUT2D eigenvalue weighted by Crippen LogP contribution is 2.42. The van der Waals surface area contributed by atoms with Crippen molar-refractivity contribution in [3.63, 3.8) is 0 Å². The molecule has 1 heterocycles. The molecule has 0 aliphatic heterocycles. The molecule has 7 nitrogen and oxygen atoms in total. The molecule has 0 saturated carbocycles. The summed E-state index contributed by atoms with van der Waals surface area (Å²) in [4.78, 5) is 24.9. The van der Waals surface area contributed by atoms with Gasteiger partial charge in [0.25, 0.3) is 5.69 Å². The fraction of sp³-hybridized carbons (Fsp3) is 0.0833. The maximum atomic E-state index is 12.9. The number of nitro groups is 1. The molecule has 0 amide bonds. The standard InChI is InChI=1S/C24H19N3O4S/c1-16-12-14-18(15-13-16)24(28)31-23-22(32-21-11-7-6-10-20(21)27(29)30)17(2)25-26(23)19-8-4-3-5-9-19/h3-15H,1-2H3. The highest BCUT2D eigenvalue weighted by Gasteiger charge is 2.25. The minimum absolute atomic E-state index is 0.0276. The van der Waals surface area contributed by atoms with E-state index in [0.29, 0.717) is 26.7 Å². The van der Waals surface area contributed by atoms with Crippen LogP contribution in [0.4, 0.5) is 5.69 Å². The summed E-state index contributed by atoms with van der Waals surface area (Å²) in [6.45, 7) is 3.71. The number of ether oxygens (including phenoxy) is 1. The first kappa shape index (κ1) is 21.3. The van der Waals surface area contributed by atoms with Gasteiger partial charge in [-0.05, 0) is 44.2 Å². The van der Waals surface area contributed by atoms with E-state index in [2.05, 4.69) is 5.10 Å². The summed E-state index contributed by atoms with van der Waals surface area (Å²) in [5.74, 6) is -0.325. The summed E-state index contributed by atoms with van der Waals surface area (Å²) < 4.78 is 7.36. The highest BCUT2D eigenvalue weighted by molar-refractivity contribution is 7.99. The SMILES string of the molecule is Cc1ccc(C(=O)Oc2c(Sc3ccccc3[N+](=O)[O-])c(C)nn2-c2ccccc2)cc1. The lowest BCUT2D eigenvalue weighted by Crippen LogP contribution is -2.12. The molecule has 0 radical (unpaired) electrons. The molecule has 3 aromatic carbocycles. The van der Waals surface area contributed by atoms with Crippen molar-refractivity contribution in [1.82, 2.24) is 9.78 Å². The average molecular weight is 446 g/mol. The smallest absolute Gasteiger partial charge is 0.344 e. The first-order chi connectivity index (χ1) is 15.4. The van der Waals surface area contributed by atoms with E-state index in [1.807, 2.05) is 49.4 Å². The van der Waals surface area contributed by atoms with E-state index in [-0.39, 0.29) is 11.6 Å². The highest BCUT2D eigenvalue weighted by atomic mass is 32.2. The summed E-state index contributed by atoms with van der Waals surface area (Å²) in [7, 11) is 0. The van der Waals surface area contributed by atoms with Crippen molar-refractivity contribution in [2.24, 2.45) is 0 Å². The molecule has 0 spiro atoms. The second-order valence-electron chi connectivity index (χ2n) is 7.05. The third-order valence-electron chi connectivity index (χ3n) is 4.72. The van der Waals surface area contributed by atoms with E-state index in [4.69, 9.17) is 4.74 Å². The number of para-hydroxylation sites is 2. The number of aromatic nitrogens is 2. The van der Waals surface area contributed by atoms with Gasteiger partial charge in [-0.2, -0.15) is 9.78 Å². The molecule has 0 atom stereocenters. The zero-order valence-corrected chi connectivity index (χ0v) is 18.2. The Balaban J connectivity index is 1.80. The van der Waals surface area contributed by atoms with Crippen molar-refractivity contribution in [3.8, 4) is 11.6 Å². The number of hydrogen-bond donors (Lipinski definition) is 0. The van der Waals surface area contributed by atoms with Crippen LogP contribution in [0, 0.1) is 24.0 Å². The summed E-state index contributed by atoms with van der Waals surface area (Å²) in [5, 5.41) is 16.0. The van der Waals surface area contributed by atoms with Crippen LogP contribution in [0.25, 0.3) is 5.69 Å². The van der Waals surface area contributed by atoms with Gasteiger partial charge >= 0.3 is 5.97 Å². The molecule has 32 heavy (non-hydrogen) atoms. The minimum atomic E-state index is -0.536. The van der Waals surface area contributed by atoms with Crippen LogP contribution >= 0.6 is 11.8 Å². The van der Waals surface area contributed by atoms with E-state index in [0.717, 1.165) is 17.3 Å². The van der Waals surface area contributed by atoms with Crippen LogP contribution < -0.4 is 4.74 Å². The largest absolute Gasteiger partial charge is 0.402 e. The summed E-state index contributed by atoms with van der Waals surface area (Å²) in [5.41, 5.74) is 2.69. The Morgan fingerprint density at radius 3 is 2.31 bits per heavy atom. The molecule has 160 valence electrons. The molecule has 4 rings (SSSR count). The quantitative estimate of drug-likeness (QED) is 0.213. The van der Waals surface area contributed by atoms with Gasteiger partial charge in [-0.15, -0.1) is 0 Å². The number of nitrogens with zero attached hydrogens (tertiary/aromatic N) is 3. The first-order valence-corrected chi connectivity index (χ1v) is 10.6. The van der Waals surface area contributed by atoms with Gasteiger partial charge < -0.3 is 4.74 Å². The Bertz CT molecular complexity index is 1280. The van der Waals surface area contributed by atoms with Crippen molar-refractivity contribution >= 4 is 23.4 Å². The number of carbonyl (C=O) groups excluding carboxylic acids is 1. The summed E-state index contributed by atoms with van der Waals surface area (Å²) >= 11 is 1.15. The van der Waals surface area contributed by atoms with Gasteiger partial charge in [0, 0.05) is 6.07 Å². The van der Waals surface area contributed by atoms with Crippen molar-refractivity contribution in [2.75, 3.05) is 0 Å². The van der Waals surface area contributed by atoms with Crippen LogP contribution in [0.15, 0.2) is 88.7 Å². The van der Waals surface area contributed by atoms with Crippen molar-refractivity contribution in [2.45, 2.75) is 23.6 Å². The van der Waals surface area contributed by atoms with Gasteiger partial charge in [-0.1, -0.05) is 59.8 Å². The van der Waals surface area contributed by atoms with Crippen LogP contribution in [0.1, 0.15) is 21.6 Å². The zero-order valence-electron chi connectivity index (χ0n) is 17.4. The van der Waals surface area contributed by atoms with Crippen LogP contribution in [0.3, 0.4) is 0 Å². The summed E-state index contributed by atoms with van der Waals surface area (Å²) in [6, 6.07) is 22.8. The lowest BCUT2D eigenvalue weighted by molar-refractivity contribution is -0.387. The lowest BCUT2D eigenvalue weighted by atomic mass is 10.1. The Labute approximate surface area is 188 Å². The Hall–Kier alpha value is -3.91. The topological polar surface area (TPSA) is 87.3 Å². The third kappa shape index (κ3) is 4.40. The third-order valence-corrected chi connectivity index (χ3v) is 5.96. The summed E-state index contributed by atoms with van der Waals surface area (Å²) in [6.07, 6.45) is 0. The first-order valence-electron chi connectivity index (χ1n) is 9.79. The minimum Gasteiger partial charge on any atom is -0.402 e. The van der Waals surface area contributed by atoms with Gasteiger partial charge in [-0.25, -0.2) is 4.79 Å². The predicted molar refractivity (Wildman–Crippen MR) is 122 cm³/mol. The Morgan fingerprint density at radius 2 is 1.62 bits per heavy atom. The molecule has 0 unspecified atom stereocenters. The van der Waals surface area contributed by atoms with E-state index in [1.165, 1.54) is 6.07 Å². The molecule has 8 heteroatoms. The van der Waals surface area contributed by atoms with Gasteiger partial charge in [0.1, 0.15) is 0 Å². The number of aryl methyl sites for hydroxylation is 2. The molecule has 0 saturated heterocycles. The average Bonchev–Trinajstić information content (AvgIpc) is 3.10. The molecular weight excluding hydrogens is 426 g/mol. The van der Waals surface area contributed by atoms with Crippen LogP contribution in [0.2, 0.25) is 0 Å². The van der Waals surface area contributed by atoms with Gasteiger partial charge in [0.05, 0.1) is 31.7 Å². The number of rotatable bonds is 6. The fourth-order valence-corrected chi connectivity index (χ4v) is 4.10. The number of esters is 1. The number of benzene rings is 3. The van der Waals surface area contributed by atoms with E-state index in [9.17, 15) is 14.9 Å². The maximum absolute atomic E-state index is 12.9. The van der Waals surface area contributed by atoms with Crippen molar-refractivity contribution in [3.05, 3.63) is 106 Å². The maximum Gasteiger partial charge on any atom is 0.344 e. The number of nitro benzene ring substituents is 1. The van der Waals surface area contributed by atoms with Crippen LogP contribution in [0.5, 0.6) is 5.88 Å². The molecule has 0 aliphatic rings. The molecule has 0 bridgehead atoms. The second kappa shape index (κ2) is 9.07. The van der Waals surface area contributed by atoms with Crippen molar-refractivity contribution < 1.29 is 14.5 Å². The number of hydrogen-bond acceptors (Lipinski definition) is 6. The monoisotopic (exact) mass is 445 g/mol. The zero-order chi connectivity index (χ0) is 22.7. The Kier molecular flexibility index (Phi) is 6.04. The number of carbonyl (C=O) groups is 1. The predicted octanol–water partition coefficient (Wildman–Crippen LogP) is 5.77. The molecular formula is C24H19N3O4S. The second-order valence-corrected chi connectivity index (χ2v) is 8.10. The normalized spacial score (nSPS) is 10.7. The molecule has 4 aromatic rings. The van der Waals surface area contributed by atoms with E-state index >= 15 is 0 Å². The van der Waals surface area contributed by atoms with E-state index in [1.54, 1.807) is 41.9 Å². The van der Waals surface area contributed by atoms with Gasteiger partial charge in [0.15, 0.2) is 0 Å². The lowest BCUT2D eigenvalue weighted by Gasteiger charge is -2.10. The van der Waals surface area contributed by atoms with Gasteiger partial charge in [0.2, 0.25) is 5.88 Å². The van der Waals surface area contributed by atoms with Crippen LogP contribution in [-0.4, -0.2) is 20.7 Å². The fourth-order valence-electron chi connectivity index (χ4n) is 3.08. The van der Waals surface area contributed by atoms with Crippen LogP contribution in [-0.2, 0) is 0 Å². The van der Waals surface area contributed by atoms with Crippen molar-refractivity contribution in [1.29, 1.82) is 0 Å². The van der Waals surface area contributed by atoms with Gasteiger partial charge in [-0.3, -0.25) is 10.1 Å². The molecule has 0 aliphatic carbocycles. The molecule has 0 N–H and O–H groups in total. The van der Waals surface area contributed by atoms with E-state index < -0.39 is 10.9 Å². The molecule has 1 aromatic heterocycles. The molecule has 0 fully saturated rings.